The van der Waals surface area contributed by atoms with Crippen molar-refractivity contribution in [3.63, 3.8) is 0 Å². The van der Waals surface area contributed by atoms with Crippen molar-refractivity contribution in [3.8, 4) is 0 Å². The van der Waals surface area contributed by atoms with Gasteiger partial charge in [-0.25, -0.2) is 12.8 Å². The van der Waals surface area contributed by atoms with Gasteiger partial charge in [-0.2, -0.15) is 0 Å². The van der Waals surface area contributed by atoms with Gasteiger partial charge in [0, 0.05) is 0 Å². The van der Waals surface area contributed by atoms with Crippen LogP contribution >= 0.6 is 39.1 Å². The Balaban J connectivity index is 2.46. The summed E-state index contributed by atoms with van der Waals surface area (Å²) < 4.78 is 40.3. The Hall–Kier alpha value is -0.820. The fourth-order valence-corrected chi connectivity index (χ4v) is 3.72. The molecule has 20 heavy (non-hydrogen) atoms. The second kappa shape index (κ2) is 5.89. The van der Waals surface area contributed by atoms with Crippen LogP contribution in [0.15, 0.2) is 45.8 Å². The van der Waals surface area contributed by atoms with Crippen LogP contribution in [0.3, 0.4) is 0 Å². The van der Waals surface area contributed by atoms with Crippen LogP contribution in [0.4, 0.5) is 10.1 Å². The lowest BCUT2D eigenvalue weighted by molar-refractivity contribution is 0.595. The van der Waals surface area contributed by atoms with E-state index in [4.69, 9.17) is 23.2 Å². The monoisotopic (exact) mass is 397 g/mol. The van der Waals surface area contributed by atoms with Crippen LogP contribution in [-0.4, -0.2) is 8.42 Å². The smallest absolute Gasteiger partial charge is 0.263 e. The molecule has 1 N–H and O–H groups in total. The van der Waals surface area contributed by atoms with E-state index in [2.05, 4.69) is 20.7 Å². The van der Waals surface area contributed by atoms with Gasteiger partial charge in [-0.1, -0.05) is 29.3 Å². The number of hydrogen-bond acceptors (Lipinski definition) is 2. The fraction of sp³-hybridized carbons (Fsp3) is 0. The molecule has 0 heterocycles. The summed E-state index contributed by atoms with van der Waals surface area (Å²) in [5.41, 5.74) is 0.234. The molecule has 0 unspecified atom stereocenters. The van der Waals surface area contributed by atoms with Crippen molar-refractivity contribution in [2.75, 3.05) is 4.72 Å². The predicted molar refractivity (Wildman–Crippen MR) is 81.4 cm³/mol. The number of sulfonamides is 1. The molecular weight excluding hydrogens is 392 g/mol. The molecule has 0 aliphatic heterocycles. The normalized spacial score (nSPS) is 11.4. The summed E-state index contributed by atoms with van der Waals surface area (Å²) >= 11 is 14.8. The van der Waals surface area contributed by atoms with Crippen LogP contribution in [0.1, 0.15) is 0 Å². The van der Waals surface area contributed by atoms with Crippen molar-refractivity contribution in [1.82, 2.24) is 0 Å². The average molecular weight is 399 g/mol. The molecule has 0 spiro atoms. The molecule has 0 aromatic heterocycles. The highest BCUT2D eigenvalue weighted by molar-refractivity contribution is 9.10. The minimum Gasteiger partial charge on any atom is -0.278 e. The molecule has 0 aliphatic rings. The van der Waals surface area contributed by atoms with Crippen molar-refractivity contribution in [2.45, 2.75) is 4.90 Å². The molecule has 0 bridgehead atoms. The summed E-state index contributed by atoms with van der Waals surface area (Å²) in [7, 11) is -4.02. The summed E-state index contributed by atoms with van der Waals surface area (Å²) in [6, 6.07) is 7.80. The van der Waals surface area contributed by atoms with Crippen LogP contribution in [0.2, 0.25) is 10.0 Å². The highest BCUT2D eigenvalue weighted by Gasteiger charge is 2.20. The lowest BCUT2D eigenvalue weighted by atomic mass is 10.3. The third-order valence-corrected chi connectivity index (χ3v) is 5.62. The molecule has 106 valence electrons. The Morgan fingerprint density at radius 1 is 1.10 bits per heavy atom. The van der Waals surface area contributed by atoms with E-state index in [1.165, 1.54) is 12.1 Å². The molecule has 0 radical (unpaired) electrons. The highest BCUT2D eigenvalue weighted by Crippen LogP contribution is 2.32. The van der Waals surface area contributed by atoms with Crippen LogP contribution in [0.5, 0.6) is 0 Å². The van der Waals surface area contributed by atoms with Crippen molar-refractivity contribution < 1.29 is 12.8 Å². The van der Waals surface area contributed by atoms with Crippen LogP contribution in [-0.2, 0) is 10.0 Å². The first kappa shape index (κ1) is 15.6. The van der Waals surface area contributed by atoms with E-state index in [0.29, 0.717) is 9.50 Å². The Labute approximate surface area is 133 Å². The van der Waals surface area contributed by atoms with Gasteiger partial charge in [0.2, 0.25) is 0 Å². The molecule has 8 heteroatoms. The van der Waals surface area contributed by atoms with Crippen LogP contribution < -0.4 is 4.72 Å². The highest BCUT2D eigenvalue weighted by atomic mass is 79.9. The maximum atomic E-state index is 13.2. The minimum absolute atomic E-state index is 0.0722. The van der Waals surface area contributed by atoms with Crippen molar-refractivity contribution in [2.24, 2.45) is 0 Å². The first-order valence-electron chi connectivity index (χ1n) is 5.23. The SMILES string of the molecule is O=S(=O)(Nc1cccc(Cl)c1Br)c1cc(F)ccc1Cl. The second-order valence-electron chi connectivity index (χ2n) is 3.78. The van der Waals surface area contributed by atoms with E-state index >= 15 is 0 Å². The van der Waals surface area contributed by atoms with Gasteiger partial charge in [-0.3, -0.25) is 4.72 Å². The Morgan fingerprint density at radius 2 is 1.80 bits per heavy atom. The first-order valence-corrected chi connectivity index (χ1v) is 8.26. The van der Waals surface area contributed by atoms with E-state index < -0.39 is 15.8 Å². The van der Waals surface area contributed by atoms with Gasteiger partial charge in [0.1, 0.15) is 10.7 Å². The summed E-state index contributed by atoms with van der Waals surface area (Å²) in [6.45, 7) is 0. The summed E-state index contributed by atoms with van der Waals surface area (Å²) in [5, 5.41) is 0.271. The van der Waals surface area contributed by atoms with Crippen molar-refractivity contribution in [1.29, 1.82) is 0 Å². The zero-order valence-corrected chi connectivity index (χ0v) is 13.6. The molecular formula is C12H7BrCl2FNO2S. The van der Waals surface area contributed by atoms with Crippen LogP contribution in [0.25, 0.3) is 0 Å². The quantitative estimate of drug-likeness (QED) is 0.814. The molecule has 0 atom stereocenters. The standard InChI is InChI=1S/C12H7BrCl2FNO2S/c13-12-9(15)2-1-3-10(12)17-20(18,19)11-6-7(16)4-5-8(11)14/h1-6,17H. The minimum atomic E-state index is -4.02. The van der Waals surface area contributed by atoms with Crippen molar-refractivity contribution in [3.05, 3.63) is 56.7 Å². The van der Waals surface area contributed by atoms with Gasteiger partial charge in [0.05, 0.1) is 20.2 Å². The van der Waals surface area contributed by atoms with Gasteiger partial charge in [-0.05, 0) is 46.3 Å². The molecule has 3 nitrogen and oxygen atoms in total. The molecule has 0 saturated carbocycles. The third kappa shape index (κ3) is 3.25. The Bertz CT molecular complexity index is 768. The average Bonchev–Trinajstić information content (AvgIpc) is 2.37. The fourth-order valence-electron chi connectivity index (χ4n) is 1.47. The topological polar surface area (TPSA) is 46.2 Å². The second-order valence-corrected chi connectivity index (χ2v) is 7.04. The Morgan fingerprint density at radius 3 is 2.50 bits per heavy atom. The molecule has 2 rings (SSSR count). The molecule has 0 saturated heterocycles. The molecule has 0 amide bonds. The number of hydrogen-bond donors (Lipinski definition) is 1. The number of halogens is 4. The van der Waals surface area contributed by atoms with E-state index in [-0.39, 0.29) is 15.6 Å². The van der Waals surface area contributed by atoms with Gasteiger partial charge in [0.15, 0.2) is 0 Å². The zero-order valence-electron chi connectivity index (χ0n) is 9.70. The largest absolute Gasteiger partial charge is 0.278 e. The van der Waals surface area contributed by atoms with E-state index in [0.717, 1.165) is 12.1 Å². The van der Waals surface area contributed by atoms with Gasteiger partial charge < -0.3 is 0 Å². The summed E-state index contributed by atoms with van der Waals surface area (Å²) in [4.78, 5) is -0.342. The molecule has 2 aromatic carbocycles. The predicted octanol–water partition coefficient (Wildman–Crippen LogP) is 4.70. The van der Waals surface area contributed by atoms with E-state index in [1.807, 2.05) is 0 Å². The molecule has 0 aliphatic carbocycles. The van der Waals surface area contributed by atoms with Gasteiger partial charge in [-0.15, -0.1) is 0 Å². The number of nitrogens with one attached hydrogen (secondary N) is 1. The summed E-state index contributed by atoms with van der Waals surface area (Å²) in [5.74, 6) is -0.695. The van der Waals surface area contributed by atoms with E-state index in [1.54, 1.807) is 12.1 Å². The first-order chi connectivity index (χ1) is 9.31. The lowest BCUT2D eigenvalue weighted by Crippen LogP contribution is -2.14. The van der Waals surface area contributed by atoms with E-state index in [9.17, 15) is 12.8 Å². The number of benzene rings is 2. The lowest BCUT2D eigenvalue weighted by Gasteiger charge is -2.11. The van der Waals surface area contributed by atoms with Crippen LogP contribution in [0, 0.1) is 5.82 Å². The zero-order chi connectivity index (χ0) is 14.9. The maximum absolute atomic E-state index is 13.2. The molecule has 0 fully saturated rings. The van der Waals surface area contributed by atoms with Gasteiger partial charge >= 0.3 is 0 Å². The van der Waals surface area contributed by atoms with Gasteiger partial charge in [0.25, 0.3) is 10.0 Å². The molecule has 2 aromatic rings. The maximum Gasteiger partial charge on any atom is 0.263 e. The summed E-state index contributed by atoms with van der Waals surface area (Å²) in [6.07, 6.45) is 0. The van der Waals surface area contributed by atoms with Crippen molar-refractivity contribution >= 4 is 54.8 Å². The Kier molecular flexibility index (Phi) is 4.59. The third-order valence-electron chi connectivity index (χ3n) is 2.38. The number of anilines is 1. The number of rotatable bonds is 3.